The molecule has 1 N–H and O–H groups in total. The van der Waals surface area contributed by atoms with Crippen LogP contribution in [-0.4, -0.2) is 11.0 Å². The van der Waals surface area contributed by atoms with E-state index in [4.69, 9.17) is 0 Å². The normalized spacial score (nSPS) is 17.8. The minimum absolute atomic E-state index is 0.559. The average Bonchev–Trinajstić information content (AvgIpc) is 2.53. The Morgan fingerprint density at radius 3 is 2.75 bits per heavy atom. The Bertz CT molecular complexity index is 560. The van der Waals surface area contributed by atoms with Gasteiger partial charge in [-0.2, -0.15) is 0 Å². The number of benzene rings is 1. The van der Waals surface area contributed by atoms with E-state index in [1.54, 1.807) is 0 Å². The number of pyridine rings is 1. The van der Waals surface area contributed by atoms with Gasteiger partial charge in [0.2, 0.25) is 0 Å². The zero-order chi connectivity index (χ0) is 13.8. The minimum Gasteiger partial charge on any atom is -0.310 e. The molecule has 1 heterocycles. The van der Waals surface area contributed by atoms with E-state index in [0.29, 0.717) is 6.04 Å². The Balaban J connectivity index is 1.57. The smallest absolute Gasteiger partial charge is 0.0451 e. The summed E-state index contributed by atoms with van der Waals surface area (Å²) in [6, 6.07) is 13.7. The molecule has 2 aromatic rings. The highest BCUT2D eigenvalue weighted by Crippen LogP contribution is 2.19. The number of hydrogen-bond acceptors (Lipinski definition) is 2. The second-order valence-electron chi connectivity index (χ2n) is 5.60. The zero-order valence-corrected chi connectivity index (χ0v) is 12.1. The Kier molecular flexibility index (Phi) is 4.12. The molecule has 2 heteroatoms. The predicted molar refractivity (Wildman–Crippen MR) is 82.7 cm³/mol. The maximum absolute atomic E-state index is 4.51. The summed E-state index contributed by atoms with van der Waals surface area (Å²) in [7, 11) is 0. The largest absolute Gasteiger partial charge is 0.310 e. The van der Waals surface area contributed by atoms with Crippen LogP contribution in [0.4, 0.5) is 0 Å². The van der Waals surface area contributed by atoms with Gasteiger partial charge in [-0.05, 0) is 42.0 Å². The lowest BCUT2D eigenvalue weighted by atomic mass is 9.92. The number of aromatic nitrogens is 1. The van der Waals surface area contributed by atoms with Gasteiger partial charge in [-0.25, -0.2) is 0 Å². The van der Waals surface area contributed by atoms with Crippen molar-refractivity contribution in [2.75, 3.05) is 0 Å². The molecule has 0 amide bonds. The van der Waals surface area contributed by atoms with Gasteiger partial charge in [-0.1, -0.05) is 37.3 Å². The van der Waals surface area contributed by atoms with Crippen molar-refractivity contribution in [1.82, 2.24) is 10.3 Å². The summed E-state index contributed by atoms with van der Waals surface area (Å²) in [5.41, 5.74) is 5.48. The summed E-state index contributed by atoms with van der Waals surface area (Å²) >= 11 is 0. The third-order valence-corrected chi connectivity index (χ3v) is 4.21. The molecule has 0 spiro atoms. The molecular formula is C18H22N2. The molecule has 1 aliphatic carbocycles. The fraction of sp³-hybridized carbons (Fsp3) is 0.389. The first-order valence-electron chi connectivity index (χ1n) is 7.59. The topological polar surface area (TPSA) is 24.9 Å². The average molecular weight is 266 g/mol. The summed E-state index contributed by atoms with van der Waals surface area (Å²) < 4.78 is 0. The zero-order valence-electron chi connectivity index (χ0n) is 12.1. The van der Waals surface area contributed by atoms with Gasteiger partial charge in [0.15, 0.2) is 0 Å². The molecule has 1 aliphatic rings. The van der Waals surface area contributed by atoms with E-state index < -0.39 is 0 Å². The van der Waals surface area contributed by atoms with Crippen molar-refractivity contribution in [1.29, 1.82) is 0 Å². The van der Waals surface area contributed by atoms with Crippen molar-refractivity contribution in [3.05, 3.63) is 65.0 Å². The van der Waals surface area contributed by atoms with Crippen LogP contribution < -0.4 is 5.32 Å². The lowest BCUT2D eigenvalue weighted by Crippen LogP contribution is -2.34. The third kappa shape index (κ3) is 3.07. The molecule has 0 saturated heterocycles. The van der Waals surface area contributed by atoms with Crippen LogP contribution >= 0.6 is 0 Å². The molecule has 1 aromatic heterocycles. The van der Waals surface area contributed by atoms with Crippen molar-refractivity contribution >= 4 is 0 Å². The molecule has 104 valence electrons. The van der Waals surface area contributed by atoms with Crippen molar-refractivity contribution < 1.29 is 0 Å². The van der Waals surface area contributed by atoms with E-state index in [-0.39, 0.29) is 0 Å². The first kappa shape index (κ1) is 13.3. The predicted octanol–water partition coefficient (Wildman–Crippen LogP) is 3.29. The van der Waals surface area contributed by atoms with Gasteiger partial charge < -0.3 is 5.32 Å². The highest BCUT2D eigenvalue weighted by atomic mass is 14.9. The lowest BCUT2D eigenvalue weighted by Gasteiger charge is -2.24. The number of nitrogens with one attached hydrogen (secondary N) is 1. The van der Waals surface area contributed by atoms with Gasteiger partial charge in [0.25, 0.3) is 0 Å². The van der Waals surface area contributed by atoms with Gasteiger partial charge in [-0.3, -0.25) is 4.98 Å². The summed E-state index contributed by atoms with van der Waals surface area (Å²) in [5.74, 6) is 0. The number of fused-ring (bicyclic) bond motifs is 1. The molecule has 0 aliphatic heterocycles. The van der Waals surface area contributed by atoms with Crippen molar-refractivity contribution in [2.24, 2.45) is 0 Å². The van der Waals surface area contributed by atoms with Crippen LogP contribution in [0.25, 0.3) is 0 Å². The van der Waals surface area contributed by atoms with E-state index in [9.17, 15) is 0 Å². The first-order valence-corrected chi connectivity index (χ1v) is 7.59. The second kappa shape index (κ2) is 6.19. The molecule has 0 bridgehead atoms. The first-order chi connectivity index (χ1) is 9.85. The maximum atomic E-state index is 4.51. The van der Waals surface area contributed by atoms with Crippen molar-refractivity contribution in [3.63, 3.8) is 0 Å². The van der Waals surface area contributed by atoms with Crippen LogP contribution in [0.3, 0.4) is 0 Å². The molecule has 0 fully saturated rings. The molecule has 0 radical (unpaired) electrons. The molecule has 1 unspecified atom stereocenters. The van der Waals surface area contributed by atoms with Crippen LogP contribution in [-0.2, 0) is 25.8 Å². The van der Waals surface area contributed by atoms with Crippen LogP contribution in [0.2, 0.25) is 0 Å². The van der Waals surface area contributed by atoms with Crippen LogP contribution in [0.5, 0.6) is 0 Å². The van der Waals surface area contributed by atoms with Gasteiger partial charge in [0.1, 0.15) is 0 Å². The quantitative estimate of drug-likeness (QED) is 0.918. The standard InChI is InChI=1S/C18H22N2/c1-2-14-5-7-15(8-6-14)13-20-17-10-9-16-4-3-11-19-18(16)12-17/h3-8,11,17,20H,2,9-10,12-13H2,1H3. The minimum atomic E-state index is 0.559. The molecule has 1 aromatic carbocycles. The molecule has 1 atom stereocenters. The Labute approximate surface area is 121 Å². The second-order valence-corrected chi connectivity index (χ2v) is 5.60. The molecule has 3 rings (SSSR count). The van der Waals surface area contributed by atoms with Crippen LogP contribution in [0.1, 0.15) is 35.7 Å². The van der Waals surface area contributed by atoms with E-state index in [2.05, 4.69) is 47.6 Å². The molecule has 2 nitrogen and oxygen atoms in total. The van der Waals surface area contributed by atoms with Crippen LogP contribution in [0, 0.1) is 0 Å². The van der Waals surface area contributed by atoms with E-state index in [1.807, 2.05) is 12.3 Å². The summed E-state index contributed by atoms with van der Waals surface area (Å²) in [6.45, 7) is 3.15. The van der Waals surface area contributed by atoms with Gasteiger partial charge in [0, 0.05) is 30.9 Å². The van der Waals surface area contributed by atoms with Crippen molar-refractivity contribution in [3.8, 4) is 0 Å². The summed E-state index contributed by atoms with van der Waals surface area (Å²) in [5, 5.41) is 3.68. The summed E-state index contributed by atoms with van der Waals surface area (Å²) in [6.07, 6.45) is 6.44. The molecular weight excluding hydrogens is 244 g/mol. The van der Waals surface area contributed by atoms with E-state index >= 15 is 0 Å². The highest BCUT2D eigenvalue weighted by molar-refractivity contribution is 5.25. The summed E-state index contributed by atoms with van der Waals surface area (Å²) in [4.78, 5) is 4.51. The third-order valence-electron chi connectivity index (χ3n) is 4.21. The fourth-order valence-electron chi connectivity index (χ4n) is 2.88. The fourth-order valence-corrected chi connectivity index (χ4v) is 2.88. The number of rotatable bonds is 4. The Morgan fingerprint density at radius 2 is 1.95 bits per heavy atom. The highest BCUT2D eigenvalue weighted by Gasteiger charge is 2.18. The van der Waals surface area contributed by atoms with Gasteiger partial charge in [-0.15, -0.1) is 0 Å². The number of nitrogens with zero attached hydrogens (tertiary/aromatic N) is 1. The van der Waals surface area contributed by atoms with E-state index in [1.165, 1.54) is 28.8 Å². The number of aryl methyl sites for hydroxylation is 2. The lowest BCUT2D eigenvalue weighted by molar-refractivity contribution is 0.452. The van der Waals surface area contributed by atoms with Gasteiger partial charge >= 0.3 is 0 Å². The van der Waals surface area contributed by atoms with Gasteiger partial charge in [0.05, 0.1) is 0 Å². The Hall–Kier alpha value is -1.67. The monoisotopic (exact) mass is 266 g/mol. The van der Waals surface area contributed by atoms with Crippen molar-refractivity contribution in [2.45, 2.75) is 45.2 Å². The SMILES string of the molecule is CCc1ccc(CNC2CCc3cccnc3C2)cc1. The number of hydrogen-bond donors (Lipinski definition) is 1. The van der Waals surface area contributed by atoms with Crippen LogP contribution in [0.15, 0.2) is 42.6 Å². The molecule has 0 saturated carbocycles. The molecule has 20 heavy (non-hydrogen) atoms. The Morgan fingerprint density at radius 1 is 1.15 bits per heavy atom. The maximum Gasteiger partial charge on any atom is 0.0451 e. The van der Waals surface area contributed by atoms with E-state index in [0.717, 1.165) is 25.8 Å².